The van der Waals surface area contributed by atoms with E-state index in [1.165, 1.54) is 6.42 Å². The summed E-state index contributed by atoms with van der Waals surface area (Å²) >= 11 is 0. The third-order valence-corrected chi connectivity index (χ3v) is 4.21. The number of fused-ring (bicyclic) bond motifs is 1. The first-order valence-corrected chi connectivity index (χ1v) is 7.58. The van der Waals surface area contributed by atoms with E-state index in [9.17, 15) is 0 Å². The molecule has 1 aliphatic heterocycles. The zero-order valence-electron chi connectivity index (χ0n) is 12.4. The minimum Gasteiger partial charge on any atom is -0.459 e. The van der Waals surface area contributed by atoms with Gasteiger partial charge in [0.1, 0.15) is 11.3 Å². The Morgan fingerprint density at radius 1 is 1.25 bits per heavy atom. The van der Waals surface area contributed by atoms with Gasteiger partial charge in [-0.1, -0.05) is 32.0 Å². The second-order valence-electron chi connectivity index (χ2n) is 6.46. The van der Waals surface area contributed by atoms with E-state index < -0.39 is 0 Å². The average molecular weight is 272 g/mol. The first kappa shape index (κ1) is 13.7. The van der Waals surface area contributed by atoms with Gasteiger partial charge in [-0.05, 0) is 30.4 Å². The van der Waals surface area contributed by atoms with E-state index in [0.717, 1.165) is 48.2 Å². The molecule has 1 aliphatic rings. The first-order chi connectivity index (χ1) is 9.61. The minimum atomic E-state index is -0.0418. The number of rotatable bonds is 3. The van der Waals surface area contributed by atoms with Crippen LogP contribution in [0, 0.1) is 11.8 Å². The number of nitrogens with two attached hydrogens (primary N) is 1. The normalized spacial score (nSPS) is 25.9. The van der Waals surface area contributed by atoms with Crippen molar-refractivity contribution in [2.45, 2.75) is 26.3 Å². The number of piperidine rings is 1. The summed E-state index contributed by atoms with van der Waals surface area (Å²) in [6.45, 7) is 7.84. The smallest absolute Gasteiger partial charge is 0.134 e. The summed E-state index contributed by atoms with van der Waals surface area (Å²) < 4.78 is 5.87. The van der Waals surface area contributed by atoms with Gasteiger partial charge in [-0.25, -0.2) is 0 Å². The van der Waals surface area contributed by atoms with E-state index in [2.05, 4.69) is 30.9 Å². The number of hydrogen-bond donors (Lipinski definition) is 1. The van der Waals surface area contributed by atoms with Crippen molar-refractivity contribution in [2.24, 2.45) is 17.6 Å². The predicted octanol–water partition coefficient (Wildman–Crippen LogP) is 3.41. The molecule has 3 atom stereocenters. The van der Waals surface area contributed by atoms with Gasteiger partial charge in [-0.2, -0.15) is 0 Å². The Kier molecular flexibility index (Phi) is 3.81. The fourth-order valence-corrected chi connectivity index (χ4v) is 3.49. The number of benzene rings is 1. The third kappa shape index (κ3) is 2.89. The minimum absolute atomic E-state index is 0.0418. The van der Waals surface area contributed by atoms with Crippen LogP contribution in [0.3, 0.4) is 0 Å². The largest absolute Gasteiger partial charge is 0.459 e. The summed E-state index contributed by atoms with van der Waals surface area (Å²) in [7, 11) is 0. The van der Waals surface area contributed by atoms with Crippen LogP contribution in [-0.2, 0) is 0 Å². The zero-order chi connectivity index (χ0) is 14.1. The summed E-state index contributed by atoms with van der Waals surface area (Å²) in [4.78, 5) is 2.48. The fourth-order valence-electron chi connectivity index (χ4n) is 3.49. The number of hydrogen-bond acceptors (Lipinski definition) is 3. The molecular formula is C17H24N2O. The van der Waals surface area contributed by atoms with Crippen LogP contribution in [0.25, 0.3) is 11.0 Å². The molecule has 0 aliphatic carbocycles. The number of nitrogens with zero attached hydrogens (tertiary/aromatic N) is 1. The molecule has 0 saturated carbocycles. The SMILES string of the molecule is CC1CC(C)CN(CC(N)c2cc3ccccc3o2)C1. The summed E-state index contributed by atoms with van der Waals surface area (Å²) in [5, 5.41) is 1.14. The van der Waals surface area contributed by atoms with Gasteiger partial charge in [-0.15, -0.1) is 0 Å². The van der Waals surface area contributed by atoms with E-state index in [0.29, 0.717) is 0 Å². The quantitative estimate of drug-likeness (QED) is 0.931. The standard InChI is InChI=1S/C17H24N2O/c1-12-7-13(2)10-19(9-12)11-15(18)17-8-14-5-3-4-6-16(14)20-17/h3-6,8,12-13,15H,7,9-11,18H2,1-2H3. The van der Waals surface area contributed by atoms with E-state index in [1.807, 2.05) is 18.2 Å². The first-order valence-electron chi connectivity index (χ1n) is 7.58. The van der Waals surface area contributed by atoms with Gasteiger partial charge in [0.2, 0.25) is 0 Å². The van der Waals surface area contributed by atoms with Crippen LogP contribution >= 0.6 is 0 Å². The molecule has 3 nitrogen and oxygen atoms in total. The second-order valence-corrected chi connectivity index (χ2v) is 6.46. The fraction of sp³-hybridized carbons (Fsp3) is 0.529. The molecule has 2 N–H and O–H groups in total. The monoisotopic (exact) mass is 272 g/mol. The summed E-state index contributed by atoms with van der Waals surface area (Å²) in [6, 6.07) is 10.1. The number of likely N-dealkylation sites (tertiary alicyclic amines) is 1. The highest BCUT2D eigenvalue weighted by atomic mass is 16.3. The molecule has 1 fully saturated rings. The summed E-state index contributed by atoms with van der Waals surface area (Å²) in [5.41, 5.74) is 7.27. The Hall–Kier alpha value is -1.32. The van der Waals surface area contributed by atoms with E-state index in [-0.39, 0.29) is 6.04 Å². The lowest BCUT2D eigenvalue weighted by Gasteiger charge is -2.35. The van der Waals surface area contributed by atoms with Crippen molar-refractivity contribution in [1.29, 1.82) is 0 Å². The molecule has 1 saturated heterocycles. The molecule has 0 spiro atoms. The van der Waals surface area contributed by atoms with Gasteiger partial charge in [0.25, 0.3) is 0 Å². The highest BCUT2D eigenvalue weighted by Gasteiger charge is 2.24. The molecule has 0 bridgehead atoms. The molecule has 20 heavy (non-hydrogen) atoms. The number of para-hydroxylation sites is 1. The Morgan fingerprint density at radius 3 is 2.65 bits per heavy atom. The van der Waals surface area contributed by atoms with Crippen molar-refractivity contribution in [3.05, 3.63) is 36.1 Å². The highest BCUT2D eigenvalue weighted by Crippen LogP contribution is 2.26. The van der Waals surface area contributed by atoms with Crippen molar-refractivity contribution in [3.8, 4) is 0 Å². The van der Waals surface area contributed by atoms with Gasteiger partial charge < -0.3 is 15.1 Å². The van der Waals surface area contributed by atoms with Gasteiger partial charge in [0.05, 0.1) is 6.04 Å². The maximum absolute atomic E-state index is 6.35. The van der Waals surface area contributed by atoms with E-state index in [4.69, 9.17) is 10.2 Å². The lowest BCUT2D eigenvalue weighted by Crippen LogP contribution is -2.42. The van der Waals surface area contributed by atoms with Crippen LogP contribution in [-0.4, -0.2) is 24.5 Å². The van der Waals surface area contributed by atoms with Crippen LogP contribution in [0.15, 0.2) is 34.7 Å². The van der Waals surface area contributed by atoms with Crippen LogP contribution in [0.2, 0.25) is 0 Å². The summed E-state index contributed by atoms with van der Waals surface area (Å²) in [6.07, 6.45) is 1.33. The molecule has 2 aromatic rings. The zero-order valence-corrected chi connectivity index (χ0v) is 12.4. The van der Waals surface area contributed by atoms with E-state index in [1.54, 1.807) is 0 Å². The van der Waals surface area contributed by atoms with Crippen LogP contribution in [0.5, 0.6) is 0 Å². The van der Waals surface area contributed by atoms with Crippen LogP contribution in [0.1, 0.15) is 32.1 Å². The van der Waals surface area contributed by atoms with Gasteiger partial charge in [-0.3, -0.25) is 0 Å². The molecule has 3 rings (SSSR count). The molecule has 1 aromatic heterocycles. The summed E-state index contributed by atoms with van der Waals surface area (Å²) in [5.74, 6) is 2.43. The van der Waals surface area contributed by atoms with Crippen LogP contribution in [0.4, 0.5) is 0 Å². The lowest BCUT2D eigenvalue weighted by atomic mass is 9.91. The van der Waals surface area contributed by atoms with E-state index >= 15 is 0 Å². The second kappa shape index (κ2) is 5.58. The van der Waals surface area contributed by atoms with Crippen molar-refractivity contribution < 1.29 is 4.42 Å². The molecule has 3 unspecified atom stereocenters. The third-order valence-electron chi connectivity index (χ3n) is 4.21. The molecule has 108 valence electrons. The molecule has 1 aromatic carbocycles. The number of furan rings is 1. The highest BCUT2D eigenvalue weighted by molar-refractivity contribution is 5.77. The maximum Gasteiger partial charge on any atom is 0.134 e. The average Bonchev–Trinajstić information content (AvgIpc) is 2.81. The van der Waals surface area contributed by atoms with Crippen molar-refractivity contribution in [2.75, 3.05) is 19.6 Å². The Morgan fingerprint density at radius 2 is 1.95 bits per heavy atom. The topological polar surface area (TPSA) is 42.4 Å². The van der Waals surface area contributed by atoms with Gasteiger partial charge >= 0.3 is 0 Å². The Balaban J connectivity index is 1.70. The molecular weight excluding hydrogens is 248 g/mol. The Bertz CT molecular complexity index is 534. The van der Waals surface area contributed by atoms with Gasteiger partial charge in [0.15, 0.2) is 0 Å². The van der Waals surface area contributed by atoms with Crippen molar-refractivity contribution in [1.82, 2.24) is 4.90 Å². The van der Waals surface area contributed by atoms with Crippen molar-refractivity contribution >= 4 is 11.0 Å². The molecule has 2 heterocycles. The Labute approximate surface area is 120 Å². The predicted molar refractivity (Wildman–Crippen MR) is 82.5 cm³/mol. The molecule has 0 amide bonds. The molecule has 3 heteroatoms. The van der Waals surface area contributed by atoms with Gasteiger partial charge in [0, 0.05) is 25.0 Å². The van der Waals surface area contributed by atoms with Crippen LogP contribution < -0.4 is 5.73 Å². The molecule has 0 radical (unpaired) electrons. The maximum atomic E-state index is 6.35. The lowest BCUT2D eigenvalue weighted by molar-refractivity contribution is 0.131. The van der Waals surface area contributed by atoms with Crippen molar-refractivity contribution in [3.63, 3.8) is 0 Å².